The van der Waals surface area contributed by atoms with E-state index in [-0.39, 0.29) is 6.04 Å². The quantitative estimate of drug-likeness (QED) is 0.729. The summed E-state index contributed by atoms with van der Waals surface area (Å²) < 4.78 is 0. The zero-order valence-corrected chi connectivity index (χ0v) is 8.88. The lowest BCUT2D eigenvalue weighted by atomic mass is 10.0. The molecular weight excluding hydrogens is 196 g/mol. The number of nitrogens with zero attached hydrogens (tertiary/aromatic N) is 2. The van der Waals surface area contributed by atoms with Gasteiger partial charge in [0.05, 0.1) is 6.54 Å². The standard InChI is InChI=1S/C14H12N2/c1-2-6-12(7-3-1)11-16-14-9-5-4-8-13(14)10-15-16/h1-9,14H,11H2. The predicted octanol–water partition coefficient (Wildman–Crippen LogP) is 2.51. The topological polar surface area (TPSA) is 15.6 Å². The summed E-state index contributed by atoms with van der Waals surface area (Å²) in [5.74, 6) is 3.06. The van der Waals surface area contributed by atoms with Crippen LogP contribution >= 0.6 is 0 Å². The smallest absolute Gasteiger partial charge is 0.100 e. The highest BCUT2D eigenvalue weighted by Gasteiger charge is 2.22. The van der Waals surface area contributed by atoms with E-state index >= 15 is 0 Å². The first-order valence-corrected chi connectivity index (χ1v) is 5.42. The monoisotopic (exact) mass is 208 g/mol. The molecule has 0 N–H and O–H groups in total. The minimum atomic E-state index is 0.269. The fraction of sp³-hybridized carbons (Fsp3) is 0.143. The molecule has 1 aliphatic heterocycles. The molecule has 16 heavy (non-hydrogen) atoms. The van der Waals surface area contributed by atoms with Gasteiger partial charge in [-0.2, -0.15) is 0 Å². The zero-order valence-electron chi connectivity index (χ0n) is 8.88. The maximum atomic E-state index is 4.32. The van der Waals surface area contributed by atoms with Crippen LogP contribution in [0.25, 0.3) is 0 Å². The van der Waals surface area contributed by atoms with Crippen molar-refractivity contribution in [2.24, 2.45) is 5.10 Å². The number of hydrogen-bond donors (Lipinski definition) is 0. The van der Waals surface area contributed by atoms with E-state index in [2.05, 4.69) is 58.5 Å². The molecule has 1 aromatic rings. The predicted molar refractivity (Wildman–Crippen MR) is 65.0 cm³/mol. The van der Waals surface area contributed by atoms with Crippen molar-refractivity contribution in [2.45, 2.75) is 12.6 Å². The summed E-state index contributed by atoms with van der Waals surface area (Å²) in [6.07, 6.45) is 8.32. The molecule has 0 saturated carbocycles. The van der Waals surface area contributed by atoms with Crippen molar-refractivity contribution >= 4 is 5.87 Å². The van der Waals surface area contributed by atoms with E-state index in [0.29, 0.717) is 0 Å². The molecule has 2 heteroatoms. The second-order valence-electron chi connectivity index (χ2n) is 3.94. The van der Waals surface area contributed by atoms with Crippen molar-refractivity contribution in [3.05, 3.63) is 65.8 Å². The van der Waals surface area contributed by atoms with Crippen LogP contribution in [0.5, 0.6) is 0 Å². The van der Waals surface area contributed by atoms with Crippen molar-refractivity contribution < 1.29 is 0 Å². The van der Waals surface area contributed by atoms with Crippen LogP contribution in [-0.2, 0) is 6.54 Å². The Hall–Kier alpha value is -2.05. The van der Waals surface area contributed by atoms with Crippen molar-refractivity contribution in [3.8, 4) is 0 Å². The average Bonchev–Trinajstić information content (AvgIpc) is 2.74. The molecule has 1 aromatic carbocycles. The zero-order chi connectivity index (χ0) is 10.8. The minimum absolute atomic E-state index is 0.269. The van der Waals surface area contributed by atoms with E-state index in [4.69, 9.17) is 0 Å². The maximum Gasteiger partial charge on any atom is 0.100 e. The minimum Gasteiger partial charge on any atom is -0.272 e. The number of benzene rings is 1. The third kappa shape index (κ3) is 1.60. The normalized spacial score (nSPS) is 21.1. The summed E-state index contributed by atoms with van der Waals surface area (Å²) in [6, 6.07) is 10.7. The van der Waals surface area contributed by atoms with Crippen molar-refractivity contribution in [1.29, 1.82) is 0 Å². The van der Waals surface area contributed by atoms with Gasteiger partial charge >= 0.3 is 0 Å². The first kappa shape index (κ1) is 9.20. The van der Waals surface area contributed by atoms with Crippen LogP contribution in [0.15, 0.2) is 65.3 Å². The Bertz CT molecular complexity index is 505. The van der Waals surface area contributed by atoms with E-state index in [9.17, 15) is 0 Å². The Labute approximate surface area is 94.9 Å². The van der Waals surface area contributed by atoms with E-state index in [1.54, 1.807) is 0 Å². The molecule has 0 saturated heterocycles. The summed E-state index contributed by atoms with van der Waals surface area (Å²) in [4.78, 5) is 0. The molecule has 1 heterocycles. The van der Waals surface area contributed by atoms with Gasteiger partial charge in [0.15, 0.2) is 0 Å². The molecule has 1 aliphatic carbocycles. The molecule has 78 valence electrons. The third-order valence-electron chi connectivity index (χ3n) is 2.81. The molecule has 0 radical (unpaired) electrons. The lowest BCUT2D eigenvalue weighted by molar-refractivity contribution is 0.271. The van der Waals surface area contributed by atoms with Gasteiger partial charge in [0.2, 0.25) is 0 Å². The fourth-order valence-electron chi connectivity index (χ4n) is 1.98. The number of rotatable bonds is 2. The van der Waals surface area contributed by atoms with Crippen LogP contribution in [-0.4, -0.2) is 16.9 Å². The molecular formula is C14H12N2. The Kier molecular flexibility index (Phi) is 2.21. The second-order valence-corrected chi connectivity index (χ2v) is 3.94. The SMILES string of the molecule is C1=NN(Cc2ccccc2)C2C=CC=CC=12. The van der Waals surface area contributed by atoms with Crippen molar-refractivity contribution in [2.75, 3.05) is 0 Å². The van der Waals surface area contributed by atoms with E-state index in [1.165, 1.54) is 5.56 Å². The van der Waals surface area contributed by atoms with E-state index in [0.717, 1.165) is 12.1 Å². The highest BCUT2D eigenvalue weighted by Crippen LogP contribution is 2.22. The van der Waals surface area contributed by atoms with Crippen LogP contribution in [0.3, 0.4) is 0 Å². The Balaban J connectivity index is 1.78. The van der Waals surface area contributed by atoms with E-state index in [1.807, 2.05) is 12.1 Å². The van der Waals surface area contributed by atoms with Crippen molar-refractivity contribution in [3.63, 3.8) is 0 Å². The number of allylic oxidation sites excluding steroid dienone is 2. The van der Waals surface area contributed by atoms with Gasteiger partial charge in [0.25, 0.3) is 0 Å². The van der Waals surface area contributed by atoms with Gasteiger partial charge in [-0.15, -0.1) is 5.10 Å². The largest absolute Gasteiger partial charge is 0.272 e. The number of hydrazone groups is 1. The molecule has 0 fully saturated rings. The lowest BCUT2D eigenvalue weighted by Crippen LogP contribution is -2.27. The van der Waals surface area contributed by atoms with Crippen LogP contribution in [0.2, 0.25) is 0 Å². The molecule has 0 spiro atoms. The molecule has 2 nitrogen and oxygen atoms in total. The van der Waals surface area contributed by atoms with Gasteiger partial charge in [0.1, 0.15) is 6.04 Å². The summed E-state index contributed by atoms with van der Waals surface area (Å²) in [6.45, 7) is 0.834. The molecule has 2 aliphatic rings. The van der Waals surface area contributed by atoms with Gasteiger partial charge in [-0.05, 0) is 11.6 Å². The van der Waals surface area contributed by atoms with Gasteiger partial charge in [-0.25, -0.2) is 0 Å². The van der Waals surface area contributed by atoms with Gasteiger partial charge in [0, 0.05) is 11.4 Å². The summed E-state index contributed by atoms with van der Waals surface area (Å²) >= 11 is 0. The van der Waals surface area contributed by atoms with Crippen LogP contribution in [0, 0.1) is 0 Å². The number of hydrogen-bond acceptors (Lipinski definition) is 2. The highest BCUT2D eigenvalue weighted by molar-refractivity contribution is 5.68. The Morgan fingerprint density at radius 2 is 2.06 bits per heavy atom. The second kappa shape index (κ2) is 3.84. The summed E-state index contributed by atoms with van der Waals surface area (Å²) in [5, 5.41) is 6.38. The molecule has 0 amide bonds. The van der Waals surface area contributed by atoms with Crippen LogP contribution in [0.1, 0.15) is 5.56 Å². The summed E-state index contributed by atoms with van der Waals surface area (Å²) in [5.41, 5.74) is 2.43. The lowest BCUT2D eigenvalue weighted by Gasteiger charge is -2.23. The van der Waals surface area contributed by atoms with Gasteiger partial charge in [-0.1, -0.05) is 48.6 Å². The molecule has 3 rings (SSSR count). The Morgan fingerprint density at radius 3 is 2.94 bits per heavy atom. The Morgan fingerprint density at radius 1 is 1.19 bits per heavy atom. The molecule has 1 unspecified atom stereocenters. The van der Waals surface area contributed by atoms with Crippen molar-refractivity contribution in [1.82, 2.24) is 5.01 Å². The highest BCUT2D eigenvalue weighted by atomic mass is 15.5. The maximum absolute atomic E-state index is 4.32. The average molecular weight is 208 g/mol. The summed E-state index contributed by atoms with van der Waals surface area (Å²) in [7, 11) is 0. The first-order valence-electron chi connectivity index (χ1n) is 5.42. The molecule has 0 bridgehead atoms. The van der Waals surface area contributed by atoms with Crippen LogP contribution < -0.4 is 0 Å². The van der Waals surface area contributed by atoms with Gasteiger partial charge in [-0.3, -0.25) is 5.01 Å². The van der Waals surface area contributed by atoms with Crippen LogP contribution in [0.4, 0.5) is 0 Å². The number of fused-ring (bicyclic) bond motifs is 1. The third-order valence-corrected chi connectivity index (χ3v) is 2.81. The molecule has 0 aromatic heterocycles. The fourth-order valence-corrected chi connectivity index (χ4v) is 1.98. The van der Waals surface area contributed by atoms with Gasteiger partial charge < -0.3 is 0 Å². The first-order chi connectivity index (χ1) is 7.93. The van der Waals surface area contributed by atoms with E-state index < -0.39 is 0 Å². The molecule has 1 atom stereocenters.